The van der Waals surface area contributed by atoms with Gasteiger partial charge >= 0.3 is 0 Å². The summed E-state index contributed by atoms with van der Waals surface area (Å²) in [6.07, 6.45) is 1.50. The van der Waals surface area contributed by atoms with E-state index in [-0.39, 0.29) is 17.7 Å². The Hall–Kier alpha value is -3.19. The molecule has 2 saturated heterocycles. The third-order valence-corrected chi connectivity index (χ3v) is 5.73. The summed E-state index contributed by atoms with van der Waals surface area (Å²) in [7, 11) is 0. The average molecular weight is 407 g/mol. The summed E-state index contributed by atoms with van der Waals surface area (Å²) in [6.45, 7) is 3.93. The number of rotatable bonds is 5. The van der Waals surface area contributed by atoms with Crippen molar-refractivity contribution in [2.24, 2.45) is 0 Å². The molecular formula is C23H27N4O3+. The Morgan fingerprint density at radius 1 is 0.933 bits per heavy atom. The van der Waals surface area contributed by atoms with Crippen molar-refractivity contribution < 1.29 is 19.3 Å². The van der Waals surface area contributed by atoms with E-state index in [1.165, 1.54) is 4.90 Å². The summed E-state index contributed by atoms with van der Waals surface area (Å²) in [5, 5.41) is 2.93. The zero-order valence-corrected chi connectivity index (χ0v) is 17.0. The van der Waals surface area contributed by atoms with Gasteiger partial charge in [0.15, 0.2) is 6.54 Å². The normalized spacial score (nSPS) is 17.3. The molecule has 0 saturated carbocycles. The number of hydrogen-bond acceptors (Lipinski definition) is 3. The van der Waals surface area contributed by atoms with Crippen LogP contribution in [0.4, 0.5) is 11.4 Å². The van der Waals surface area contributed by atoms with Gasteiger partial charge in [0, 0.05) is 29.9 Å². The van der Waals surface area contributed by atoms with Crippen molar-refractivity contribution in [2.75, 3.05) is 49.5 Å². The smallest absolute Gasteiger partial charge is 0.279 e. The Morgan fingerprint density at radius 3 is 2.27 bits per heavy atom. The van der Waals surface area contributed by atoms with Crippen molar-refractivity contribution in [1.82, 2.24) is 4.90 Å². The molecule has 0 aromatic heterocycles. The fraction of sp³-hybridized carbons (Fsp3) is 0.348. The van der Waals surface area contributed by atoms with Gasteiger partial charge in [-0.25, -0.2) is 0 Å². The van der Waals surface area contributed by atoms with Crippen molar-refractivity contribution in [3.05, 3.63) is 60.2 Å². The molecule has 0 atom stereocenters. The van der Waals surface area contributed by atoms with Gasteiger partial charge in [0.2, 0.25) is 5.91 Å². The number of benzene rings is 2. The SMILES string of the molecule is O=C(C[NH+]1CCN(C(=O)c2ccccc2)CC1)Nc1ccc(N2CCCC2=O)cc1. The molecule has 2 heterocycles. The van der Waals surface area contributed by atoms with Crippen molar-refractivity contribution >= 4 is 29.1 Å². The van der Waals surface area contributed by atoms with Crippen LogP contribution in [0.2, 0.25) is 0 Å². The fourth-order valence-electron chi connectivity index (χ4n) is 4.04. The highest BCUT2D eigenvalue weighted by molar-refractivity contribution is 5.96. The first kappa shape index (κ1) is 20.1. The van der Waals surface area contributed by atoms with Crippen molar-refractivity contribution in [2.45, 2.75) is 12.8 Å². The van der Waals surface area contributed by atoms with Crippen LogP contribution in [0.5, 0.6) is 0 Å². The molecule has 3 amide bonds. The van der Waals surface area contributed by atoms with Crippen LogP contribution in [0.25, 0.3) is 0 Å². The molecule has 156 valence electrons. The summed E-state index contributed by atoms with van der Waals surface area (Å²) < 4.78 is 0. The Labute approximate surface area is 176 Å². The van der Waals surface area contributed by atoms with Gasteiger partial charge in [-0.2, -0.15) is 0 Å². The van der Waals surface area contributed by atoms with Gasteiger partial charge in [0.1, 0.15) is 0 Å². The van der Waals surface area contributed by atoms with E-state index in [1.54, 1.807) is 4.90 Å². The Morgan fingerprint density at radius 2 is 1.63 bits per heavy atom. The molecule has 2 aromatic carbocycles. The quantitative estimate of drug-likeness (QED) is 0.770. The molecule has 0 aliphatic carbocycles. The number of anilines is 2. The van der Waals surface area contributed by atoms with Gasteiger partial charge in [-0.05, 0) is 42.8 Å². The van der Waals surface area contributed by atoms with E-state index in [4.69, 9.17) is 0 Å². The molecule has 4 rings (SSSR count). The lowest BCUT2D eigenvalue weighted by atomic mass is 10.2. The number of quaternary nitrogens is 1. The first-order valence-corrected chi connectivity index (χ1v) is 10.5. The summed E-state index contributed by atoms with van der Waals surface area (Å²) in [4.78, 5) is 41.6. The van der Waals surface area contributed by atoms with Crippen LogP contribution in [0.1, 0.15) is 23.2 Å². The largest absolute Gasteiger partial charge is 0.327 e. The van der Waals surface area contributed by atoms with Crippen molar-refractivity contribution in [3.63, 3.8) is 0 Å². The minimum absolute atomic E-state index is 0.0437. The second-order valence-electron chi connectivity index (χ2n) is 7.83. The van der Waals surface area contributed by atoms with Gasteiger partial charge in [0.05, 0.1) is 26.2 Å². The van der Waals surface area contributed by atoms with Crippen LogP contribution in [0.15, 0.2) is 54.6 Å². The molecule has 0 unspecified atom stereocenters. The van der Waals surface area contributed by atoms with E-state index in [0.717, 1.165) is 37.4 Å². The van der Waals surface area contributed by atoms with E-state index in [9.17, 15) is 14.4 Å². The fourth-order valence-corrected chi connectivity index (χ4v) is 4.04. The highest BCUT2D eigenvalue weighted by Gasteiger charge is 2.26. The molecule has 0 radical (unpaired) electrons. The van der Waals surface area contributed by atoms with Gasteiger partial charge in [0.25, 0.3) is 11.8 Å². The molecule has 2 aromatic rings. The van der Waals surface area contributed by atoms with E-state index in [1.807, 2.05) is 59.5 Å². The van der Waals surface area contributed by atoms with E-state index >= 15 is 0 Å². The Bertz CT molecular complexity index is 906. The molecule has 2 fully saturated rings. The van der Waals surface area contributed by atoms with E-state index in [0.29, 0.717) is 31.6 Å². The lowest BCUT2D eigenvalue weighted by Crippen LogP contribution is -3.15. The van der Waals surface area contributed by atoms with E-state index < -0.39 is 0 Å². The Balaban J connectivity index is 1.24. The maximum atomic E-state index is 12.5. The van der Waals surface area contributed by atoms with Gasteiger partial charge in [-0.15, -0.1) is 0 Å². The number of carbonyl (C=O) groups excluding carboxylic acids is 3. The predicted octanol–water partition coefficient (Wildman–Crippen LogP) is 0.793. The van der Waals surface area contributed by atoms with Gasteiger partial charge in [-0.1, -0.05) is 18.2 Å². The van der Waals surface area contributed by atoms with Crippen molar-refractivity contribution in [1.29, 1.82) is 0 Å². The maximum absolute atomic E-state index is 12.5. The first-order valence-electron chi connectivity index (χ1n) is 10.5. The van der Waals surface area contributed by atoms with Gasteiger partial charge in [-0.3, -0.25) is 14.4 Å². The van der Waals surface area contributed by atoms with Crippen molar-refractivity contribution in [3.8, 4) is 0 Å². The molecule has 2 N–H and O–H groups in total. The highest BCUT2D eigenvalue weighted by atomic mass is 16.2. The topological polar surface area (TPSA) is 74.2 Å². The highest BCUT2D eigenvalue weighted by Crippen LogP contribution is 2.22. The number of piperazine rings is 1. The lowest BCUT2D eigenvalue weighted by Gasteiger charge is -2.32. The van der Waals surface area contributed by atoms with Crippen LogP contribution in [0, 0.1) is 0 Å². The summed E-state index contributed by atoms with van der Waals surface area (Å²) in [5.41, 5.74) is 2.31. The monoisotopic (exact) mass is 407 g/mol. The standard InChI is InChI=1S/C23H26N4O3/c28-21(24-19-8-10-20(11-9-19)27-12-4-7-22(27)29)17-25-13-15-26(16-14-25)23(30)18-5-2-1-3-6-18/h1-3,5-6,8-11H,4,7,12-17H2,(H,24,28)/p+1. The maximum Gasteiger partial charge on any atom is 0.279 e. The molecule has 7 heteroatoms. The van der Waals surface area contributed by atoms with Crippen LogP contribution in [0.3, 0.4) is 0 Å². The van der Waals surface area contributed by atoms with Crippen LogP contribution >= 0.6 is 0 Å². The molecule has 0 bridgehead atoms. The number of hydrogen-bond donors (Lipinski definition) is 2. The molecule has 30 heavy (non-hydrogen) atoms. The number of nitrogens with one attached hydrogen (secondary N) is 2. The van der Waals surface area contributed by atoms with Crippen LogP contribution < -0.4 is 15.1 Å². The zero-order valence-electron chi connectivity index (χ0n) is 17.0. The summed E-state index contributed by atoms with van der Waals surface area (Å²) in [5.74, 6) is 0.161. The van der Waals surface area contributed by atoms with Crippen LogP contribution in [-0.4, -0.2) is 61.9 Å². The molecular weight excluding hydrogens is 380 g/mol. The molecule has 7 nitrogen and oxygen atoms in total. The van der Waals surface area contributed by atoms with Crippen LogP contribution in [-0.2, 0) is 9.59 Å². The zero-order chi connectivity index (χ0) is 20.9. The van der Waals surface area contributed by atoms with E-state index in [2.05, 4.69) is 5.32 Å². The first-order chi connectivity index (χ1) is 14.6. The number of amides is 3. The minimum Gasteiger partial charge on any atom is -0.327 e. The second-order valence-corrected chi connectivity index (χ2v) is 7.83. The summed E-state index contributed by atoms with van der Waals surface area (Å²) >= 11 is 0. The third kappa shape index (κ3) is 4.68. The minimum atomic E-state index is -0.0437. The Kier molecular flexibility index (Phi) is 6.09. The predicted molar refractivity (Wildman–Crippen MR) is 115 cm³/mol. The second kappa shape index (κ2) is 9.09. The molecule has 0 spiro atoms. The lowest BCUT2D eigenvalue weighted by molar-refractivity contribution is -0.895. The molecule has 2 aliphatic heterocycles. The average Bonchev–Trinajstić information content (AvgIpc) is 3.21. The number of nitrogens with zero attached hydrogens (tertiary/aromatic N) is 2. The number of carbonyl (C=O) groups is 3. The van der Waals surface area contributed by atoms with Gasteiger partial charge < -0.3 is 20.0 Å². The third-order valence-electron chi connectivity index (χ3n) is 5.73. The summed E-state index contributed by atoms with van der Waals surface area (Å²) in [6, 6.07) is 16.7. The molecule has 2 aliphatic rings.